The molecule has 2 bridgehead atoms. The van der Waals surface area contributed by atoms with Gasteiger partial charge in [-0.1, -0.05) is 23.8 Å². The number of rotatable bonds is 2. The van der Waals surface area contributed by atoms with E-state index in [1.807, 2.05) is 0 Å². The molecule has 1 heterocycles. The van der Waals surface area contributed by atoms with Crippen LogP contribution in [0.1, 0.15) is 23.2 Å². The van der Waals surface area contributed by atoms with Gasteiger partial charge < -0.3 is 4.74 Å². The Labute approximate surface area is 144 Å². The fourth-order valence-corrected chi connectivity index (χ4v) is 4.44. The number of esters is 1. The molecule has 0 unspecified atom stereocenters. The maximum Gasteiger partial charge on any atom is 0.339 e. The summed E-state index contributed by atoms with van der Waals surface area (Å²) in [6.07, 6.45) is 6.05. The van der Waals surface area contributed by atoms with Gasteiger partial charge in [-0.25, -0.2) is 9.69 Å². The summed E-state index contributed by atoms with van der Waals surface area (Å²) in [6.45, 7) is 0. The van der Waals surface area contributed by atoms with Crippen LogP contribution in [0.25, 0.3) is 0 Å². The van der Waals surface area contributed by atoms with Crippen molar-refractivity contribution in [3.05, 3.63) is 40.9 Å². The van der Waals surface area contributed by atoms with Gasteiger partial charge in [0.2, 0.25) is 11.8 Å². The summed E-state index contributed by atoms with van der Waals surface area (Å²) >= 11 is 6.03. The predicted octanol–water partition coefficient (Wildman–Crippen LogP) is 2.83. The number of methoxy groups -OCH3 is 1. The molecule has 0 radical (unpaired) electrons. The van der Waals surface area contributed by atoms with Crippen molar-refractivity contribution in [3.63, 3.8) is 0 Å². The van der Waals surface area contributed by atoms with Gasteiger partial charge in [0, 0.05) is 0 Å². The van der Waals surface area contributed by atoms with Gasteiger partial charge in [-0.05, 0) is 42.9 Å². The zero-order valence-electron chi connectivity index (χ0n) is 13.1. The van der Waals surface area contributed by atoms with Gasteiger partial charge in [0.25, 0.3) is 0 Å². The number of hydrogen-bond donors (Lipinski definition) is 0. The number of halogens is 1. The standard InChI is InChI=1S/C18H16ClNO4/c1-24-18(23)12-8-11(6-7-13(12)19)20-16(21)14-9-2-3-10(5-4-9)15(14)17(20)22/h2-3,6-10,14-15H,4-5H2,1H3/t9-,10+,14-,15-/m0/s1. The van der Waals surface area contributed by atoms with Crippen LogP contribution in [0.2, 0.25) is 5.02 Å². The fourth-order valence-electron chi connectivity index (χ4n) is 4.25. The first-order chi connectivity index (χ1) is 11.5. The second-order valence-corrected chi connectivity index (χ2v) is 6.92. The van der Waals surface area contributed by atoms with Crippen molar-refractivity contribution in [2.75, 3.05) is 12.0 Å². The van der Waals surface area contributed by atoms with E-state index in [0.29, 0.717) is 5.69 Å². The number of imide groups is 1. The Morgan fingerprint density at radius 2 is 1.71 bits per heavy atom. The van der Waals surface area contributed by atoms with Gasteiger partial charge >= 0.3 is 5.97 Å². The smallest absolute Gasteiger partial charge is 0.339 e. The van der Waals surface area contributed by atoms with Gasteiger partial charge in [-0.2, -0.15) is 0 Å². The third-order valence-electron chi connectivity index (χ3n) is 5.37. The van der Waals surface area contributed by atoms with Crippen molar-refractivity contribution in [2.24, 2.45) is 23.7 Å². The molecular formula is C18H16ClNO4. The molecule has 6 heteroatoms. The molecule has 2 amide bonds. The van der Waals surface area contributed by atoms with Crippen molar-refractivity contribution in [2.45, 2.75) is 12.8 Å². The number of ether oxygens (including phenoxy) is 1. The second-order valence-electron chi connectivity index (χ2n) is 6.51. The molecule has 5 rings (SSSR count). The molecule has 24 heavy (non-hydrogen) atoms. The Hall–Kier alpha value is -2.14. The fraction of sp³-hybridized carbons (Fsp3) is 0.389. The summed E-state index contributed by atoms with van der Waals surface area (Å²) in [6, 6.07) is 4.56. The van der Waals surface area contributed by atoms with Crippen LogP contribution in [0.4, 0.5) is 5.69 Å². The summed E-state index contributed by atoms with van der Waals surface area (Å²) < 4.78 is 4.71. The molecule has 0 aromatic heterocycles. The van der Waals surface area contributed by atoms with Crippen LogP contribution in [0, 0.1) is 23.7 Å². The highest BCUT2D eigenvalue weighted by atomic mass is 35.5. The summed E-state index contributed by atoms with van der Waals surface area (Å²) in [5.74, 6) is -1.25. The molecule has 1 aromatic carbocycles. The molecule has 4 atom stereocenters. The summed E-state index contributed by atoms with van der Waals surface area (Å²) in [7, 11) is 1.26. The van der Waals surface area contributed by atoms with Crippen LogP contribution < -0.4 is 4.90 Å². The van der Waals surface area contributed by atoms with Gasteiger partial charge in [0.05, 0.1) is 35.2 Å². The van der Waals surface area contributed by atoms with Gasteiger partial charge in [0.15, 0.2) is 0 Å². The van der Waals surface area contributed by atoms with E-state index in [2.05, 4.69) is 12.2 Å². The van der Waals surface area contributed by atoms with Crippen LogP contribution >= 0.6 is 11.6 Å². The number of anilines is 1. The lowest BCUT2D eigenvalue weighted by Crippen LogP contribution is -2.38. The molecule has 2 fully saturated rings. The topological polar surface area (TPSA) is 63.7 Å². The van der Waals surface area contributed by atoms with Crippen molar-refractivity contribution in [3.8, 4) is 0 Å². The largest absolute Gasteiger partial charge is 0.465 e. The van der Waals surface area contributed by atoms with Gasteiger partial charge in [-0.3, -0.25) is 9.59 Å². The molecule has 5 nitrogen and oxygen atoms in total. The highest BCUT2D eigenvalue weighted by Gasteiger charge is 2.56. The number of hydrogen-bond acceptors (Lipinski definition) is 4. The number of carbonyl (C=O) groups is 3. The van der Waals surface area contributed by atoms with E-state index in [1.54, 1.807) is 6.07 Å². The molecule has 0 N–H and O–H groups in total. The van der Waals surface area contributed by atoms with Gasteiger partial charge in [0.1, 0.15) is 0 Å². The number of benzene rings is 1. The Bertz CT molecular complexity index is 755. The van der Waals surface area contributed by atoms with Crippen LogP contribution in [-0.2, 0) is 14.3 Å². The van der Waals surface area contributed by atoms with Crippen LogP contribution in [0.15, 0.2) is 30.4 Å². The zero-order chi connectivity index (χ0) is 17.0. The molecule has 4 aliphatic rings. The average molecular weight is 346 g/mol. The highest BCUT2D eigenvalue weighted by molar-refractivity contribution is 6.34. The van der Waals surface area contributed by atoms with E-state index in [0.717, 1.165) is 12.8 Å². The predicted molar refractivity (Wildman–Crippen MR) is 87.6 cm³/mol. The molecule has 3 aliphatic carbocycles. The van der Waals surface area contributed by atoms with E-state index < -0.39 is 5.97 Å². The first-order valence-corrected chi connectivity index (χ1v) is 8.34. The third-order valence-corrected chi connectivity index (χ3v) is 5.70. The number of fused-ring (bicyclic) bond motifs is 1. The normalized spacial score (nSPS) is 30.7. The second kappa shape index (κ2) is 5.45. The molecule has 0 spiro atoms. The van der Waals surface area contributed by atoms with Crippen molar-refractivity contribution in [1.82, 2.24) is 0 Å². The number of carbonyl (C=O) groups excluding carboxylic acids is 3. The summed E-state index contributed by atoms with van der Waals surface area (Å²) in [5.41, 5.74) is 0.525. The zero-order valence-corrected chi connectivity index (χ0v) is 13.8. The van der Waals surface area contributed by atoms with E-state index in [-0.39, 0.29) is 46.1 Å². The Kier molecular flexibility index (Phi) is 3.49. The average Bonchev–Trinajstić information content (AvgIpc) is 2.89. The number of amides is 2. The maximum atomic E-state index is 12.9. The molecular weight excluding hydrogens is 330 g/mol. The molecule has 1 aromatic rings. The Morgan fingerprint density at radius 1 is 1.12 bits per heavy atom. The maximum absolute atomic E-state index is 12.9. The summed E-state index contributed by atoms with van der Waals surface area (Å²) in [4.78, 5) is 38.8. The monoisotopic (exact) mass is 345 g/mol. The van der Waals surface area contributed by atoms with E-state index >= 15 is 0 Å². The minimum atomic E-state index is -0.597. The van der Waals surface area contributed by atoms with Crippen LogP contribution in [0.3, 0.4) is 0 Å². The van der Waals surface area contributed by atoms with Crippen molar-refractivity contribution >= 4 is 35.1 Å². The van der Waals surface area contributed by atoms with Crippen LogP contribution in [0.5, 0.6) is 0 Å². The first-order valence-electron chi connectivity index (χ1n) is 7.97. The number of nitrogens with zero attached hydrogens (tertiary/aromatic N) is 1. The third kappa shape index (κ3) is 2.04. The molecule has 1 aliphatic heterocycles. The Balaban J connectivity index is 1.74. The first kappa shape index (κ1) is 15.4. The Morgan fingerprint density at radius 3 is 2.21 bits per heavy atom. The van der Waals surface area contributed by atoms with E-state index in [1.165, 1.54) is 24.1 Å². The summed E-state index contributed by atoms with van der Waals surface area (Å²) in [5, 5.41) is 0.226. The van der Waals surface area contributed by atoms with Crippen molar-refractivity contribution in [1.29, 1.82) is 0 Å². The van der Waals surface area contributed by atoms with E-state index in [9.17, 15) is 14.4 Å². The number of allylic oxidation sites excluding steroid dienone is 2. The quantitative estimate of drug-likeness (QED) is 0.469. The van der Waals surface area contributed by atoms with Gasteiger partial charge in [-0.15, -0.1) is 0 Å². The SMILES string of the molecule is COC(=O)c1cc(N2C(=O)[C@@H]3[C@@H](C2=O)[C@H]2C=C[C@@H]3CC2)ccc1Cl. The molecule has 124 valence electrons. The van der Waals surface area contributed by atoms with E-state index in [4.69, 9.17) is 16.3 Å². The van der Waals surface area contributed by atoms with Crippen molar-refractivity contribution < 1.29 is 19.1 Å². The lowest BCUT2D eigenvalue weighted by molar-refractivity contribution is -0.124. The molecule has 1 saturated carbocycles. The minimum Gasteiger partial charge on any atom is -0.465 e. The lowest BCUT2D eigenvalue weighted by Gasteiger charge is -2.38. The highest BCUT2D eigenvalue weighted by Crippen LogP contribution is 2.50. The molecule has 1 saturated heterocycles. The van der Waals surface area contributed by atoms with Crippen LogP contribution in [-0.4, -0.2) is 24.9 Å². The minimum absolute atomic E-state index is 0.133. The lowest BCUT2D eigenvalue weighted by atomic mass is 9.63.